The second-order valence-corrected chi connectivity index (χ2v) is 9.46. The highest BCUT2D eigenvalue weighted by molar-refractivity contribution is 7.89. The largest absolute Gasteiger partial charge is 0.488 e. The Morgan fingerprint density at radius 3 is 2.59 bits per heavy atom. The van der Waals surface area contributed by atoms with Gasteiger partial charge < -0.3 is 9.84 Å². The zero-order valence-corrected chi connectivity index (χ0v) is 17.0. The number of ether oxygens (including phenoxy) is 1. The van der Waals surface area contributed by atoms with Gasteiger partial charge in [-0.25, -0.2) is 13.1 Å². The van der Waals surface area contributed by atoms with E-state index in [0.29, 0.717) is 23.3 Å². The highest BCUT2D eigenvalue weighted by Crippen LogP contribution is 2.41. The molecule has 0 amide bonds. The lowest BCUT2D eigenvalue weighted by Gasteiger charge is -2.38. The summed E-state index contributed by atoms with van der Waals surface area (Å²) in [6, 6.07) is 13.0. The number of hydrogen-bond donors (Lipinski definition) is 2. The summed E-state index contributed by atoms with van der Waals surface area (Å²) in [5.41, 5.74) is 1.35. The van der Waals surface area contributed by atoms with Crippen molar-refractivity contribution in [1.82, 2.24) is 4.72 Å². The Labute approximate surface area is 170 Å². The molecule has 8 heteroatoms. The molecule has 1 aliphatic heterocycles. The lowest BCUT2D eigenvalue weighted by Crippen LogP contribution is -2.39. The van der Waals surface area contributed by atoms with Crippen molar-refractivity contribution in [3.63, 3.8) is 0 Å². The van der Waals surface area contributed by atoms with Crippen LogP contribution < -0.4 is 9.46 Å². The number of nitriles is 1. The number of carbonyl (C=O) groups is 1. The third-order valence-electron chi connectivity index (χ3n) is 4.81. The lowest BCUT2D eigenvalue weighted by atomic mass is 9.84. The minimum atomic E-state index is -3.73. The van der Waals surface area contributed by atoms with E-state index in [4.69, 9.17) is 15.1 Å². The molecular weight excluding hydrogens is 392 g/mol. The van der Waals surface area contributed by atoms with Gasteiger partial charge in [-0.05, 0) is 61.7 Å². The van der Waals surface area contributed by atoms with E-state index >= 15 is 0 Å². The van der Waals surface area contributed by atoms with E-state index in [9.17, 15) is 13.2 Å². The minimum Gasteiger partial charge on any atom is -0.488 e. The molecule has 0 saturated carbocycles. The molecular formula is C21H22N2O5S. The van der Waals surface area contributed by atoms with Crippen LogP contribution >= 0.6 is 0 Å². The zero-order chi connectivity index (χ0) is 21.2. The second kappa shape index (κ2) is 7.85. The zero-order valence-electron chi connectivity index (χ0n) is 16.2. The summed E-state index contributed by atoms with van der Waals surface area (Å²) in [6.45, 7) is 4.02. The van der Waals surface area contributed by atoms with Crippen LogP contribution in [0.4, 0.5) is 0 Å². The molecule has 0 saturated heterocycles. The number of nitrogens with one attached hydrogen (secondary N) is 1. The molecule has 0 aliphatic carbocycles. The van der Waals surface area contributed by atoms with Gasteiger partial charge in [0.15, 0.2) is 0 Å². The maximum absolute atomic E-state index is 12.6. The molecule has 1 aliphatic rings. The van der Waals surface area contributed by atoms with Gasteiger partial charge in [0.05, 0.1) is 22.9 Å². The van der Waals surface area contributed by atoms with E-state index in [1.165, 1.54) is 24.3 Å². The normalized spacial score (nSPS) is 17.6. The lowest BCUT2D eigenvalue weighted by molar-refractivity contribution is -0.136. The molecule has 3 rings (SSSR count). The summed E-state index contributed by atoms with van der Waals surface area (Å²) in [5, 5.41) is 17.9. The first-order valence-corrected chi connectivity index (χ1v) is 10.6. The second-order valence-electron chi connectivity index (χ2n) is 7.69. The van der Waals surface area contributed by atoms with Gasteiger partial charge in [-0.1, -0.05) is 12.1 Å². The fraction of sp³-hybridized carbons (Fsp3) is 0.333. The molecule has 29 heavy (non-hydrogen) atoms. The van der Waals surface area contributed by atoms with Crippen LogP contribution in [0, 0.1) is 11.3 Å². The molecule has 0 fully saturated rings. The molecule has 0 aromatic heterocycles. The number of sulfonamides is 1. The Balaban J connectivity index is 1.82. The summed E-state index contributed by atoms with van der Waals surface area (Å²) >= 11 is 0. The van der Waals surface area contributed by atoms with Gasteiger partial charge in [-0.3, -0.25) is 4.79 Å². The maximum atomic E-state index is 12.6. The summed E-state index contributed by atoms with van der Waals surface area (Å²) < 4.78 is 33.9. The van der Waals surface area contributed by atoms with E-state index in [2.05, 4.69) is 4.72 Å². The third kappa shape index (κ3) is 4.94. The molecule has 1 atom stereocenters. The van der Waals surface area contributed by atoms with Crippen LogP contribution in [0.2, 0.25) is 0 Å². The summed E-state index contributed by atoms with van der Waals surface area (Å²) in [4.78, 5) is 11.1. The van der Waals surface area contributed by atoms with E-state index in [0.717, 1.165) is 5.56 Å². The van der Waals surface area contributed by atoms with Crippen molar-refractivity contribution in [3.05, 3.63) is 59.2 Å². The fourth-order valence-electron chi connectivity index (χ4n) is 3.52. The number of fused-ring (bicyclic) bond motifs is 1. The molecule has 2 aromatic rings. The van der Waals surface area contributed by atoms with Crippen LogP contribution in [0.3, 0.4) is 0 Å². The summed E-state index contributed by atoms with van der Waals surface area (Å²) in [7, 11) is -3.73. The average Bonchev–Trinajstić information content (AvgIpc) is 2.64. The number of aliphatic carboxylic acids is 1. The van der Waals surface area contributed by atoms with Crippen LogP contribution in [0.25, 0.3) is 0 Å². The molecule has 0 spiro atoms. The number of carboxylic acids is 1. The van der Waals surface area contributed by atoms with Crippen LogP contribution in [-0.2, 0) is 21.2 Å². The average molecular weight is 414 g/mol. The Kier molecular flexibility index (Phi) is 5.64. The molecule has 0 bridgehead atoms. The van der Waals surface area contributed by atoms with Crippen molar-refractivity contribution in [2.45, 2.75) is 43.1 Å². The van der Waals surface area contributed by atoms with Gasteiger partial charge in [-0.2, -0.15) is 5.26 Å². The van der Waals surface area contributed by atoms with Crippen molar-refractivity contribution in [2.24, 2.45) is 0 Å². The number of hydrogen-bond acceptors (Lipinski definition) is 5. The van der Waals surface area contributed by atoms with Gasteiger partial charge >= 0.3 is 5.97 Å². The Morgan fingerprint density at radius 1 is 1.28 bits per heavy atom. The molecule has 1 unspecified atom stereocenters. The molecule has 1 heterocycles. The maximum Gasteiger partial charge on any atom is 0.307 e. The van der Waals surface area contributed by atoms with Crippen molar-refractivity contribution in [3.8, 4) is 11.8 Å². The first-order chi connectivity index (χ1) is 13.6. The van der Waals surface area contributed by atoms with Crippen LogP contribution in [0.5, 0.6) is 5.75 Å². The quantitative estimate of drug-likeness (QED) is 0.751. The molecule has 2 N–H and O–H groups in total. The number of rotatable bonds is 6. The van der Waals surface area contributed by atoms with Crippen LogP contribution in [0.15, 0.2) is 47.4 Å². The summed E-state index contributed by atoms with van der Waals surface area (Å²) in [6.07, 6.45) is 0.501. The van der Waals surface area contributed by atoms with Crippen LogP contribution in [-0.4, -0.2) is 31.6 Å². The first kappa shape index (κ1) is 20.8. The SMILES string of the molecule is CC1(C)CC(CNS(=O)(=O)c2ccc(C#N)cc2)c2ccc(CC(=O)O)cc2O1. The Hall–Kier alpha value is -2.89. The number of benzene rings is 2. The van der Waals surface area contributed by atoms with Gasteiger partial charge in [0, 0.05) is 12.5 Å². The summed E-state index contributed by atoms with van der Waals surface area (Å²) in [5.74, 6) is -0.463. The Bertz CT molecular complexity index is 1070. The van der Waals surface area contributed by atoms with Crippen LogP contribution in [0.1, 0.15) is 42.9 Å². The Morgan fingerprint density at radius 2 is 1.97 bits per heavy atom. The van der Waals surface area contributed by atoms with E-state index in [-0.39, 0.29) is 23.8 Å². The first-order valence-electron chi connectivity index (χ1n) is 9.13. The molecule has 2 aromatic carbocycles. The number of nitrogens with zero attached hydrogens (tertiary/aromatic N) is 1. The standard InChI is InChI=1S/C21H22N2O5S/c1-21(2)11-16(18-8-5-15(10-20(24)25)9-19(18)28-21)13-23-29(26,27)17-6-3-14(12-22)4-7-17/h3-9,16,23H,10-11,13H2,1-2H3,(H,24,25). The van der Waals surface area contributed by atoms with Gasteiger partial charge in [0.1, 0.15) is 11.4 Å². The van der Waals surface area contributed by atoms with Crippen molar-refractivity contribution in [1.29, 1.82) is 5.26 Å². The van der Waals surface area contributed by atoms with Gasteiger partial charge in [-0.15, -0.1) is 0 Å². The monoisotopic (exact) mass is 414 g/mol. The van der Waals surface area contributed by atoms with Crippen molar-refractivity contribution < 1.29 is 23.1 Å². The molecule has 7 nitrogen and oxygen atoms in total. The van der Waals surface area contributed by atoms with E-state index in [1.54, 1.807) is 12.1 Å². The molecule has 152 valence electrons. The highest BCUT2D eigenvalue weighted by Gasteiger charge is 2.34. The smallest absolute Gasteiger partial charge is 0.307 e. The van der Waals surface area contributed by atoms with E-state index in [1.807, 2.05) is 26.0 Å². The third-order valence-corrected chi connectivity index (χ3v) is 6.25. The van der Waals surface area contributed by atoms with Crippen molar-refractivity contribution >= 4 is 16.0 Å². The topological polar surface area (TPSA) is 116 Å². The minimum absolute atomic E-state index is 0.0971. The highest BCUT2D eigenvalue weighted by atomic mass is 32.2. The number of carboxylic acid groups (broad SMARTS) is 1. The van der Waals surface area contributed by atoms with E-state index < -0.39 is 21.6 Å². The fourth-order valence-corrected chi connectivity index (χ4v) is 4.60. The predicted octanol–water partition coefficient (Wildman–Crippen LogP) is 2.81. The van der Waals surface area contributed by atoms with Crippen molar-refractivity contribution in [2.75, 3.05) is 6.54 Å². The predicted molar refractivity (Wildman–Crippen MR) is 106 cm³/mol. The van der Waals surface area contributed by atoms with Gasteiger partial charge in [0.2, 0.25) is 10.0 Å². The molecule has 0 radical (unpaired) electrons. The van der Waals surface area contributed by atoms with Gasteiger partial charge in [0.25, 0.3) is 0 Å².